The molecule has 0 bridgehead atoms. The van der Waals surface area contributed by atoms with E-state index in [0.717, 1.165) is 6.42 Å². The van der Waals surface area contributed by atoms with Crippen LogP contribution in [-0.4, -0.2) is 13.0 Å². The predicted molar refractivity (Wildman–Crippen MR) is 85.8 cm³/mol. The van der Waals surface area contributed by atoms with Crippen molar-refractivity contribution in [2.45, 2.75) is 64.2 Å². The van der Waals surface area contributed by atoms with Crippen molar-refractivity contribution in [3.63, 3.8) is 0 Å². The van der Waals surface area contributed by atoms with E-state index in [-0.39, 0.29) is 5.91 Å². The SMILES string of the molecule is CNC(=O)CCCCCCCCCCc1ccccc1. The molecule has 1 aromatic carbocycles. The van der Waals surface area contributed by atoms with Crippen LogP contribution in [0.15, 0.2) is 30.3 Å². The van der Waals surface area contributed by atoms with E-state index in [2.05, 4.69) is 35.6 Å². The lowest BCUT2D eigenvalue weighted by Crippen LogP contribution is -2.16. The lowest BCUT2D eigenvalue weighted by molar-refractivity contribution is -0.120. The summed E-state index contributed by atoms with van der Waals surface area (Å²) in [4.78, 5) is 11.0. The van der Waals surface area contributed by atoms with Crippen LogP contribution in [-0.2, 0) is 11.2 Å². The third-order valence-corrected chi connectivity index (χ3v) is 3.74. The summed E-state index contributed by atoms with van der Waals surface area (Å²) in [6.45, 7) is 0. The van der Waals surface area contributed by atoms with Crippen molar-refractivity contribution in [2.24, 2.45) is 0 Å². The Morgan fingerprint density at radius 1 is 0.850 bits per heavy atom. The first kappa shape index (κ1) is 16.7. The number of nitrogens with one attached hydrogen (secondary N) is 1. The summed E-state index contributed by atoms with van der Waals surface area (Å²) in [7, 11) is 1.71. The molecule has 0 atom stereocenters. The van der Waals surface area contributed by atoms with E-state index < -0.39 is 0 Å². The summed E-state index contributed by atoms with van der Waals surface area (Å²) in [5, 5.41) is 2.66. The second-order valence-electron chi connectivity index (χ2n) is 5.49. The third-order valence-electron chi connectivity index (χ3n) is 3.74. The van der Waals surface area contributed by atoms with Crippen LogP contribution < -0.4 is 5.32 Å². The highest BCUT2D eigenvalue weighted by Gasteiger charge is 1.97. The minimum atomic E-state index is 0.172. The van der Waals surface area contributed by atoms with Gasteiger partial charge < -0.3 is 5.32 Å². The van der Waals surface area contributed by atoms with Gasteiger partial charge in [0.1, 0.15) is 0 Å². The van der Waals surface area contributed by atoms with E-state index in [0.29, 0.717) is 6.42 Å². The standard InChI is InChI=1S/C18H29NO/c1-19-18(20)16-12-7-5-3-2-4-6-9-13-17-14-10-8-11-15-17/h8,10-11,14-15H,2-7,9,12-13,16H2,1H3,(H,19,20). The van der Waals surface area contributed by atoms with Crippen molar-refractivity contribution in [2.75, 3.05) is 7.05 Å². The lowest BCUT2D eigenvalue weighted by atomic mass is 10.0. The predicted octanol–water partition coefficient (Wildman–Crippen LogP) is 4.49. The van der Waals surface area contributed by atoms with Gasteiger partial charge in [-0.3, -0.25) is 4.79 Å². The Bertz CT molecular complexity index is 348. The van der Waals surface area contributed by atoms with Crippen LogP contribution >= 0.6 is 0 Å². The summed E-state index contributed by atoms with van der Waals surface area (Å²) >= 11 is 0. The molecule has 0 unspecified atom stereocenters. The number of hydrogen-bond donors (Lipinski definition) is 1. The first-order valence-corrected chi connectivity index (χ1v) is 8.07. The van der Waals surface area contributed by atoms with Crippen molar-refractivity contribution in [1.29, 1.82) is 0 Å². The molecular weight excluding hydrogens is 246 g/mol. The van der Waals surface area contributed by atoms with Gasteiger partial charge in [0.05, 0.1) is 0 Å². The molecule has 0 radical (unpaired) electrons. The maximum atomic E-state index is 11.0. The summed E-state index contributed by atoms with van der Waals surface area (Å²) < 4.78 is 0. The summed E-state index contributed by atoms with van der Waals surface area (Å²) in [5.41, 5.74) is 1.46. The minimum Gasteiger partial charge on any atom is -0.359 e. The molecule has 0 fully saturated rings. The van der Waals surface area contributed by atoms with Gasteiger partial charge in [-0.25, -0.2) is 0 Å². The molecule has 0 heterocycles. The molecule has 0 saturated heterocycles. The molecule has 1 amide bonds. The average molecular weight is 275 g/mol. The molecule has 0 aliphatic heterocycles. The van der Waals surface area contributed by atoms with Gasteiger partial charge in [-0.2, -0.15) is 0 Å². The number of carbonyl (C=O) groups excluding carboxylic acids is 1. The van der Waals surface area contributed by atoms with Gasteiger partial charge >= 0.3 is 0 Å². The van der Waals surface area contributed by atoms with Crippen molar-refractivity contribution in [3.05, 3.63) is 35.9 Å². The van der Waals surface area contributed by atoms with E-state index in [9.17, 15) is 4.79 Å². The first-order valence-electron chi connectivity index (χ1n) is 8.07. The molecule has 0 aromatic heterocycles. The highest BCUT2D eigenvalue weighted by atomic mass is 16.1. The van der Waals surface area contributed by atoms with E-state index in [1.807, 2.05) is 0 Å². The lowest BCUT2D eigenvalue weighted by Gasteiger charge is -2.03. The molecule has 0 spiro atoms. The van der Waals surface area contributed by atoms with Crippen LogP contribution in [0.25, 0.3) is 0 Å². The van der Waals surface area contributed by atoms with Crippen LogP contribution in [0, 0.1) is 0 Å². The van der Waals surface area contributed by atoms with Gasteiger partial charge in [-0.05, 0) is 24.8 Å². The van der Waals surface area contributed by atoms with Crippen molar-refractivity contribution >= 4 is 5.91 Å². The topological polar surface area (TPSA) is 29.1 Å². The molecule has 112 valence electrons. The number of hydrogen-bond acceptors (Lipinski definition) is 1. The fraction of sp³-hybridized carbons (Fsp3) is 0.611. The number of unbranched alkanes of at least 4 members (excludes halogenated alkanes) is 7. The van der Waals surface area contributed by atoms with Gasteiger partial charge in [0, 0.05) is 13.5 Å². The molecule has 1 aromatic rings. The quantitative estimate of drug-likeness (QED) is 0.592. The minimum absolute atomic E-state index is 0.172. The molecule has 0 saturated carbocycles. The first-order chi connectivity index (χ1) is 9.83. The highest BCUT2D eigenvalue weighted by molar-refractivity contribution is 5.75. The second kappa shape index (κ2) is 11.5. The molecule has 1 rings (SSSR count). The fourth-order valence-corrected chi connectivity index (χ4v) is 2.45. The van der Waals surface area contributed by atoms with Crippen molar-refractivity contribution < 1.29 is 4.79 Å². The Labute approximate surface area is 124 Å². The molecular formula is C18H29NO. The Morgan fingerprint density at radius 3 is 2.00 bits per heavy atom. The van der Waals surface area contributed by atoms with Crippen LogP contribution in [0.3, 0.4) is 0 Å². The normalized spacial score (nSPS) is 10.4. The van der Waals surface area contributed by atoms with Gasteiger partial charge in [0.2, 0.25) is 5.91 Å². The number of rotatable bonds is 11. The maximum Gasteiger partial charge on any atom is 0.219 e. The molecule has 1 N–H and O–H groups in total. The monoisotopic (exact) mass is 275 g/mol. The van der Waals surface area contributed by atoms with E-state index in [1.54, 1.807) is 7.05 Å². The van der Waals surface area contributed by atoms with Crippen LogP contribution in [0.2, 0.25) is 0 Å². The summed E-state index contributed by atoms with van der Waals surface area (Å²) in [6.07, 6.45) is 12.1. The van der Waals surface area contributed by atoms with Crippen molar-refractivity contribution in [1.82, 2.24) is 5.32 Å². The van der Waals surface area contributed by atoms with Gasteiger partial charge in [-0.15, -0.1) is 0 Å². The maximum absolute atomic E-state index is 11.0. The fourth-order valence-electron chi connectivity index (χ4n) is 2.45. The second-order valence-corrected chi connectivity index (χ2v) is 5.49. The Morgan fingerprint density at radius 2 is 1.40 bits per heavy atom. The Balaban J connectivity index is 1.82. The van der Waals surface area contributed by atoms with Gasteiger partial charge in [0.25, 0.3) is 0 Å². The zero-order valence-electron chi connectivity index (χ0n) is 12.9. The van der Waals surface area contributed by atoms with Gasteiger partial charge in [-0.1, -0.05) is 68.9 Å². The van der Waals surface area contributed by atoms with E-state index >= 15 is 0 Å². The van der Waals surface area contributed by atoms with E-state index in [4.69, 9.17) is 0 Å². The molecule has 2 nitrogen and oxygen atoms in total. The zero-order chi connectivity index (χ0) is 14.5. The summed E-state index contributed by atoms with van der Waals surface area (Å²) in [6, 6.07) is 10.7. The van der Waals surface area contributed by atoms with Crippen molar-refractivity contribution in [3.8, 4) is 0 Å². The zero-order valence-corrected chi connectivity index (χ0v) is 12.9. The molecule has 0 aliphatic carbocycles. The smallest absolute Gasteiger partial charge is 0.219 e. The molecule has 0 aliphatic rings. The number of aryl methyl sites for hydroxylation is 1. The Hall–Kier alpha value is -1.31. The van der Waals surface area contributed by atoms with E-state index in [1.165, 1.54) is 56.9 Å². The van der Waals surface area contributed by atoms with Crippen LogP contribution in [0.1, 0.15) is 63.4 Å². The number of amides is 1. The molecule has 20 heavy (non-hydrogen) atoms. The summed E-state index contributed by atoms with van der Waals surface area (Å²) in [5.74, 6) is 0.172. The Kier molecular flexibility index (Phi) is 9.64. The van der Waals surface area contributed by atoms with Crippen LogP contribution in [0.4, 0.5) is 0 Å². The average Bonchev–Trinajstić information content (AvgIpc) is 2.50. The third kappa shape index (κ3) is 8.73. The largest absolute Gasteiger partial charge is 0.359 e. The number of benzene rings is 1. The van der Waals surface area contributed by atoms with Crippen LogP contribution in [0.5, 0.6) is 0 Å². The molecule has 2 heteroatoms. The number of carbonyl (C=O) groups is 1. The highest BCUT2D eigenvalue weighted by Crippen LogP contribution is 2.11. The van der Waals surface area contributed by atoms with Gasteiger partial charge in [0.15, 0.2) is 0 Å².